The van der Waals surface area contributed by atoms with Crippen molar-refractivity contribution in [3.63, 3.8) is 0 Å². The molecular formula is C18H20N2O3. The van der Waals surface area contributed by atoms with Crippen LogP contribution >= 0.6 is 0 Å². The van der Waals surface area contributed by atoms with Gasteiger partial charge in [-0.1, -0.05) is 18.2 Å². The molecule has 0 spiro atoms. The van der Waals surface area contributed by atoms with Crippen molar-refractivity contribution in [3.05, 3.63) is 59.9 Å². The van der Waals surface area contributed by atoms with Crippen molar-refractivity contribution in [3.8, 4) is 5.75 Å². The first kappa shape index (κ1) is 15.5. The normalized spacial score (nSPS) is 20.5. The lowest BCUT2D eigenvalue weighted by Gasteiger charge is -2.24. The zero-order valence-corrected chi connectivity index (χ0v) is 13.1. The molecule has 1 atom stereocenters. The summed E-state index contributed by atoms with van der Waals surface area (Å²) in [7, 11) is 0. The van der Waals surface area contributed by atoms with Crippen LogP contribution in [0.4, 0.5) is 0 Å². The number of para-hydroxylation sites is 1. The van der Waals surface area contributed by atoms with Gasteiger partial charge < -0.3 is 14.7 Å². The number of hydrogen-bond donors (Lipinski definition) is 1. The molecule has 0 bridgehead atoms. The Labute approximate surface area is 135 Å². The Morgan fingerprint density at radius 1 is 1.30 bits per heavy atom. The minimum Gasteiger partial charge on any atom is -0.490 e. The minimum atomic E-state index is -1.01. The average molecular weight is 312 g/mol. The molecule has 1 N–H and O–H groups in total. The molecule has 1 aromatic carbocycles. The van der Waals surface area contributed by atoms with Crippen molar-refractivity contribution < 1.29 is 14.6 Å². The third-order valence-electron chi connectivity index (χ3n) is 4.14. The Kier molecular flexibility index (Phi) is 4.30. The Balaban J connectivity index is 1.62. The third kappa shape index (κ3) is 3.51. The first-order chi connectivity index (χ1) is 11.1. The number of likely N-dealkylation sites (tertiary alicyclic amines) is 1. The summed E-state index contributed by atoms with van der Waals surface area (Å²) in [5.74, 6) is 0.680. The van der Waals surface area contributed by atoms with E-state index in [2.05, 4.69) is 4.98 Å². The Hall–Kier alpha value is -2.40. The smallest absolute Gasteiger partial charge is 0.254 e. The molecule has 0 saturated carbocycles. The molecule has 23 heavy (non-hydrogen) atoms. The monoisotopic (exact) mass is 312 g/mol. The zero-order chi connectivity index (χ0) is 16.3. The SMILES string of the molecule is Cc1ccccc1OC[C@]1(O)CCN(C(=O)c2ccncc2)C1. The highest BCUT2D eigenvalue weighted by Crippen LogP contribution is 2.25. The van der Waals surface area contributed by atoms with Gasteiger partial charge >= 0.3 is 0 Å². The number of hydrogen-bond acceptors (Lipinski definition) is 4. The molecular weight excluding hydrogens is 292 g/mol. The van der Waals surface area contributed by atoms with E-state index >= 15 is 0 Å². The van der Waals surface area contributed by atoms with E-state index in [1.807, 2.05) is 31.2 Å². The fraction of sp³-hybridized carbons (Fsp3) is 0.333. The molecule has 1 fully saturated rings. The molecule has 1 saturated heterocycles. The first-order valence-electron chi connectivity index (χ1n) is 7.68. The number of β-amino-alcohol motifs (C(OH)–C–C–N with tert-alkyl or cyclic N) is 1. The Morgan fingerprint density at radius 2 is 2.04 bits per heavy atom. The number of nitrogens with zero attached hydrogens (tertiary/aromatic N) is 2. The van der Waals surface area contributed by atoms with Gasteiger partial charge in [-0.15, -0.1) is 0 Å². The van der Waals surface area contributed by atoms with Crippen LogP contribution in [0, 0.1) is 6.92 Å². The van der Waals surface area contributed by atoms with E-state index in [1.165, 1.54) is 0 Å². The molecule has 2 aromatic rings. The van der Waals surface area contributed by atoms with Crippen molar-refractivity contribution in [1.29, 1.82) is 0 Å². The topological polar surface area (TPSA) is 62.7 Å². The zero-order valence-electron chi connectivity index (χ0n) is 13.1. The second-order valence-electron chi connectivity index (χ2n) is 5.99. The van der Waals surface area contributed by atoms with Gasteiger partial charge in [-0.05, 0) is 37.1 Å². The molecule has 0 aliphatic carbocycles. The molecule has 0 unspecified atom stereocenters. The van der Waals surface area contributed by atoms with Crippen LogP contribution in [0.5, 0.6) is 5.75 Å². The lowest BCUT2D eigenvalue weighted by Crippen LogP contribution is -2.40. The molecule has 1 aromatic heterocycles. The number of aliphatic hydroxyl groups is 1. The van der Waals surface area contributed by atoms with Crippen molar-refractivity contribution in [2.24, 2.45) is 0 Å². The number of carbonyl (C=O) groups is 1. The van der Waals surface area contributed by atoms with E-state index in [-0.39, 0.29) is 19.1 Å². The number of aromatic nitrogens is 1. The van der Waals surface area contributed by atoms with Crippen LogP contribution in [-0.4, -0.2) is 46.2 Å². The van der Waals surface area contributed by atoms with Crippen molar-refractivity contribution in [2.45, 2.75) is 18.9 Å². The van der Waals surface area contributed by atoms with Crippen molar-refractivity contribution >= 4 is 5.91 Å². The lowest BCUT2D eigenvalue weighted by molar-refractivity contribution is 0.00413. The number of carbonyl (C=O) groups excluding carboxylic acids is 1. The maximum Gasteiger partial charge on any atom is 0.254 e. The van der Waals surface area contributed by atoms with E-state index < -0.39 is 5.60 Å². The highest BCUT2D eigenvalue weighted by atomic mass is 16.5. The van der Waals surface area contributed by atoms with Crippen LogP contribution < -0.4 is 4.74 Å². The summed E-state index contributed by atoms with van der Waals surface area (Å²) in [6, 6.07) is 11.1. The van der Waals surface area contributed by atoms with E-state index in [0.717, 1.165) is 11.3 Å². The molecule has 2 heterocycles. The standard InChI is InChI=1S/C18H20N2O3/c1-14-4-2-3-5-16(14)23-13-18(22)8-11-20(12-18)17(21)15-6-9-19-10-7-15/h2-7,9-10,22H,8,11-13H2,1H3/t18-/m0/s1. The Morgan fingerprint density at radius 3 is 2.78 bits per heavy atom. The van der Waals surface area contributed by atoms with Crippen LogP contribution in [0.3, 0.4) is 0 Å². The van der Waals surface area contributed by atoms with Gasteiger partial charge in [0.25, 0.3) is 5.91 Å². The quantitative estimate of drug-likeness (QED) is 0.938. The number of rotatable bonds is 4. The van der Waals surface area contributed by atoms with Crippen LogP contribution in [0.25, 0.3) is 0 Å². The highest BCUT2D eigenvalue weighted by molar-refractivity contribution is 5.94. The van der Waals surface area contributed by atoms with Gasteiger partial charge in [0.05, 0.1) is 6.54 Å². The molecule has 1 amide bonds. The molecule has 5 nitrogen and oxygen atoms in total. The lowest BCUT2D eigenvalue weighted by atomic mass is 10.1. The summed E-state index contributed by atoms with van der Waals surface area (Å²) in [5, 5.41) is 10.7. The summed E-state index contributed by atoms with van der Waals surface area (Å²) in [6.07, 6.45) is 3.70. The van der Waals surface area contributed by atoms with Gasteiger partial charge in [0.15, 0.2) is 0 Å². The molecule has 5 heteroatoms. The molecule has 3 rings (SSSR count). The minimum absolute atomic E-state index is 0.0841. The largest absolute Gasteiger partial charge is 0.490 e. The summed E-state index contributed by atoms with van der Waals surface area (Å²) in [4.78, 5) is 18.0. The van der Waals surface area contributed by atoms with Gasteiger partial charge in [-0.25, -0.2) is 0 Å². The van der Waals surface area contributed by atoms with Gasteiger partial charge in [-0.3, -0.25) is 9.78 Å². The number of aryl methyl sites for hydroxylation is 1. The van der Waals surface area contributed by atoms with Crippen LogP contribution in [-0.2, 0) is 0 Å². The summed E-state index contributed by atoms with van der Waals surface area (Å²) in [6.45, 7) is 2.94. The average Bonchev–Trinajstić information content (AvgIpc) is 2.97. The predicted octanol–water partition coefficient (Wildman–Crippen LogP) is 2.05. The van der Waals surface area contributed by atoms with Crippen molar-refractivity contribution in [2.75, 3.05) is 19.7 Å². The molecule has 0 radical (unpaired) electrons. The highest BCUT2D eigenvalue weighted by Gasteiger charge is 2.39. The third-order valence-corrected chi connectivity index (χ3v) is 4.14. The molecule has 1 aliphatic heterocycles. The van der Waals surface area contributed by atoms with Gasteiger partial charge in [0.1, 0.15) is 18.0 Å². The van der Waals surface area contributed by atoms with E-state index in [9.17, 15) is 9.90 Å². The second-order valence-corrected chi connectivity index (χ2v) is 5.99. The van der Waals surface area contributed by atoms with Gasteiger partial charge in [0, 0.05) is 24.5 Å². The molecule has 120 valence electrons. The number of amides is 1. The number of pyridine rings is 1. The number of benzene rings is 1. The van der Waals surface area contributed by atoms with E-state index in [0.29, 0.717) is 18.5 Å². The predicted molar refractivity (Wildman–Crippen MR) is 86.4 cm³/mol. The maximum absolute atomic E-state index is 12.4. The number of ether oxygens (including phenoxy) is 1. The van der Waals surface area contributed by atoms with Gasteiger partial charge in [0.2, 0.25) is 0 Å². The molecule has 1 aliphatic rings. The van der Waals surface area contributed by atoms with Crippen LogP contribution in [0.1, 0.15) is 22.3 Å². The van der Waals surface area contributed by atoms with E-state index in [1.54, 1.807) is 29.4 Å². The summed E-state index contributed by atoms with van der Waals surface area (Å²) in [5.41, 5.74) is 0.605. The second kappa shape index (κ2) is 6.38. The fourth-order valence-electron chi connectivity index (χ4n) is 2.76. The first-order valence-corrected chi connectivity index (χ1v) is 7.68. The summed E-state index contributed by atoms with van der Waals surface area (Å²) < 4.78 is 5.76. The summed E-state index contributed by atoms with van der Waals surface area (Å²) >= 11 is 0. The van der Waals surface area contributed by atoms with Gasteiger partial charge in [-0.2, -0.15) is 0 Å². The van der Waals surface area contributed by atoms with Crippen LogP contribution in [0.15, 0.2) is 48.8 Å². The van der Waals surface area contributed by atoms with Crippen molar-refractivity contribution in [1.82, 2.24) is 9.88 Å². The Bertz CT molecular complexity index is 690. The van der Waals surface area contributed by atoms with E-state index in [4.69, 9.17) is 4.74 Å². The van der Waals surface area contributed by atoms with Crippen LogP contribution in [0.2, 0.25) is 0 Å². The fourth-order valence-corrected chi connectivity index (χ4v) is 2.76. The maximum atomic E-state index is 12.4.